The molecule has 0 saturated carbocycles. The molecule has 0 bridgehead atoms. The first kappa shape index (κ1) is 8.34. The van der Waals surface area contributed by atoms with E-state index in [2.05, 4.69) is 11.8 Å². The summed E-state index contributed by atoms with van der Waals surface area (Å²) in [5.41, 5.74) is 0. The van der Waals surface area contributed by atoms with Crippen LogP contribution in [-0.4, -0.2) is 42.2 Å². The number of thioether (sulfide) groups is 1. The second-order valence-corrected chi connectivity index (χ2v) is 3.80. The molecule has 0 radical (unpaired) electrons. The molecular weight excluding hydrogens is 149 g/mol. The van der Waals surface area contributed by atoms with E-state index < -0.39 is 0 Å². The molecule has 60 valence electrons. The van der Waals surface area contributed by atoms with Crippen LogP contribution in [0.25, 0.3) is 0 Å². The van der Waals surface area contributed by atoms with Crippen molar-refractivity contribution in [3.8, 4) is 0 Å². The molecule has 10 heavy (non-hydrogen) atoms. The molecular formula is C7H14FNS. The Balaban J connectivity index is 2.25. The number of nitrogens with zero attached hydrogens (tertiary/aromatic N) is 1. The maximum absolute atomic E-state index is 11.9. The molecule has 0 spiro atoms. The normalized spacial score (nSPS) is 28.8. The van der Waals surface area contributed by atoms with E-state index in [-0.39, 0.29) is 6.67 Å². The Hall–Kier alpha value is 0.240. The highest BCUT2D eigenvalue weighted by atomic mass is 32.2. The summed E-state index contributed by atoms with van der Waals surface area (Å²) in [7, 11) is 0. The van der Waals surface area contributed by atoms with Crippen LogP contribution in [0.1, 0.15) is 6.92 Å². The molecule has 0 aromatic heterocycles. The largest absolute Gasteiger partial charge is 0.296 e. The third-order valence-corrected chi connectivity index (χ3v) is 3.07. The first-order valence-corrected chi connectivity index (χ1v) is 4.88. The molecule has 1 rings (SSSR count). The SMILES string of the molecule is CC1CSCCN1CCF. The Kier molecular flexibility index (Phi) is 3.49. The van der Waals surface area contributed by atoms with Crippen molar-refractivity contribution in [1.82, 2.24) is 4.90 Å². The summed E-state index contributed by atoms with van der Waals surface area (Å²) in [6, 6.07) is 0.578. The van der Waals surface area contributed by atoms with Crippen LogP contribution in [-0.2, 0) is 0 Å². The summed E-state index contributed by atoms with van der Waals surface area (Å²) < 4.78 is 11.9. The quantitative estimate of drug-likeness (QED) is 0.605. The lowest BCUT2D eigenvalue weighted by atomic mass is 10.3. The maximum atomic E-state index is 11.9. The second-order valence-electron chi connectivity index (χ2n) is 2.65. The molecule has 1 saturated heterocycles. The Labute approximate surface area is 66.0 Å². The number of hydrogen-bond acceptors (Lipinski definition) is 2. The van der Waals surface area contributed by atoms with Crippen molar-refractivity contribution in [1.29, 1.82) is 0 Å². The fourth-order valence-electron chi connectivity index (χ4n) is 1.20. The van der Waals surface area contributed by atoms with E-state index in [4.69, 9.17) is 0 Å². The average Bonchev–Trinajstić information content (AvgIpc) is 1.94. The van der Waals surface area contributed by atoms with Crippen LogP contribution in [0.5, 0.6) is 0 Å². The van der Waals surface area contributed by atoms with Gasteiger partial charge in [0.1, 0.15) is 6.67 Å². The second kappa shape index (κ2) is 4.19. The fourth-order valence-corrected chi connectivity index (χ4v) is 2.28. The Morgan fingerprint density at radius 3 is 3.10 bits per heavy atom. The van der Waals surface area contributed by atoms with Crippen molar-refractivity contribution in [3.05, 3.63) is 0 Å². The lowest BCUT2D eigenvalue weighted by Crippen LogP contribution is -2.41. The smallest absolute Gasteiger partial charge is 0.102 e. The molecule has 1 atom stereocenters. The molecule has 1 heterocycles. The predicted octanol–water partition coefficient (Wildman–Crippen LogP) is 1.39. The van der Waals surface area contributed by atoms with E-state index in [0.29, 0.717) is 12.6 Å². The van der Waals surface area contributed by atoms with Gasteiger partial charge in [0.05, 0.1) is 0 Å². The lowest BCUT2D eigenvalue weighted by Gasteiger charge is -2.31. The molecule has 1 aliphatic heterocycles. The summed E-state index contributed by atoms with van der Waals surface area (Å²) in [4.78, 5) is 2.22. The number of hydrogen-bond donors (Lipinski definition) is 0. The Bertz CT molecular complexity index is 97.6. The highest BCUT2D eigenvalue weighted by Crippen LogP contribution is 2.14. The van der Waals surface area contributed by atoms with Crippen LogP contribution in [0.2, 0.25) is 0 Å². The van der Waals surface area contributed by atoms with Crippen molar-refractivity contribution in [3.63, 3.8) is 0 Å². The predicted molar refractivity (Wildman–Crippen MR) is 44.3 cm³/mol. The minimum Gasteiger partial charge on any atom is -0.296 e. The van der Waals surface area contributed by atoms with Crippen molar-refractivity contribution < 1.29 is 4.39 Å². The van der Waals surface area contributed by atoms with Crippen molar-refractivity contribution in [2.75, 3.05) is 31.3 Å². The van der Waals surface area contributed by atoms with E-state index in [1.807, 2.05) is 11.8 Å². The van der Waals surface area contributed by atoms with Gasteiger partial charge in [0.2, 0.25) is 0 Å². The van der Waals surface area contributed by atoms with Gasteiger partial charge >= 0.3 is 0 Å². The van der Waals surface area contributed by atoms with E-state index in [1.54, 1.807) is 0 Å². The van der Waals surface area contributed by atoms with Crippen LogP contribution in [0.4, 0.5) is 4.39 Å². The molecule has 0 N–H and O–H groups in total. The van der Waals surface area contributed by atoms with Crippen LogP contribution < -0.4 is 0 Å². The summed E-state index contributed by atoms with van der Waals surface area (Å²) in [5.74, 6) is 2.34. The zero-order chi connectivity index (χ0) is 7.40. The van der Waals surface area contributed by atoms with E-state index >= 15 is 0 Å². The van der Waals surface area contributed by atoms with Gasteiger partial charge in [0.15, 0.2) is 0 Å². The molecule has 1 unspecified atom stereocenters. The first-order chi connectivity index (χ1) is 4.84. The van der Waals surface area contributed by atoms with Crippen LogP contribution in [0, 0.1) is 0 Å². The molecule has 1 nitrogen and oxygen atoms in total. The summed E-state index contributed by atoms with van der Waals surface area (Å²) in [5, 5.41) is 0. The van der Waals surface area contributed by atoms with Gasteiger partial charge in [-0.05, 0) is 6.92 Å². The van der Waals surface area contributed by atoms with Gasteiger partial charge in [0.25, 0.3) is 0 Å². The third-order valence-electron chi connectivity index (χ3n) is 1.88. The zero-order valence-electron chi connectivity index (χ0n) is 6.35. The monoisotopic (exact) mass is 163 g/mol. The number of halogens is 1. The topological polar surface area (TPSA) is 3.24 Å². The van der Waals surface area contributed by atoms with E-state index in [1.165, 1.54) is 11.5 Å². The molecule has 0 aliphatic carbocycles. The van der Waals surface area contributed by atoms with Gasteiger partial charge < -0.3 is 0 Å². The molecule has 0 aromatic carbocycles. The summed E-state index contributed by atoms with van der Waals surface area (Å²) in [6.07, 6.45) is 0. The first-order valence-electron chi connectivity index (χ1n) is 3.72. The van der Waals surface area contributed by atoms with E-state index in [9.17, 15) is 4.39 Å². The van der Waals surface area contributed by atoms with E-state index in [0.717, 1.165) is 6.54 Å². The van der Waals surface area contributed by atoms with Gasteiger partial charge in [0, 0.05) is 30.6 Å². The number of alkyl halides is 1. The molecule has 0 amide bonds. The van der Waals surface area contributed by atoms with Crippen molar-refractivity contribution in [2.45, 2.75) is 13.0 Å². The van der Waals surface area contributed by atoms with Gasteiger partial charge in [-0.15, -0.1) is 0 Å². The minimum absolute atomic E-state index is 0.199. The maximum Gasteiger partial charge on any atom is 0.102 e. The van der Waals surface area contributed by atoms with Crippen LogP contribution in [0.15, 0.2) is 0 Å². The van der Waals surface area contributed by atoms with Gasteiger partial charge in [-0.2, -0.15) is 11.8 Å². The third kappa shape index (κ3) is 2.13. The minimum atomic E-state index is -0.199. The van der Waals surface area contributed by atoms with Crippen molar-refractivity contribution >= 4 is 11.8 Å². The molecule has 1 aliphatic rings. The summed E-state index contributed by atoms with van der Waals surface area (Å²) in [6.45, 7) is 3.66. The lowest BCUT2D eigenvalue weighted by molar-refractivity contribution is 0.212. The Morgan fingerprint density at radius 2 is 2.50 bits per heavy atom. The van der Waals surface area contributed by atoms with Crippen LogP contribution in [0.3, 0.4) is 0 Å². The molecule has 1 fully saturated rings. The number of rotatable bonds is 2. The highest BCUT2D eigenvalue weighted by Gasteiger charge is 2.17. The van der Waals surface area contributed by atoms with Gasteiger partial charge in [-0.1, -0.05) is 0 Å². The molecule has 3 heteroatoms. The molecule has 0 aromatic rings. The van der Waals surface area contributed by atoms with Gasteiger partial charge in [-0.25, -0.2) is 4.39 Å². The highest BCUT2D eigenvalue weighted by molar-refractivity contribution is 7.99. The van der Waals surface area contributed by atoms with Gasteiger partial charge in [-0.3, -0.25) is 4.90 Å². The Morgan fingerprint density at radius 1 is 1.70 bits per heavy atom. The standard InChI is InChI=1S/C7H14FNS/c1-7-6-10-5-4-9(7)3-2-8/h7H,2-6H2,1H3. The fraction of sp³-hybridized carbons (Fsp3) is 1.00. The summed E-state index contributed by atoms with van der Waals surface area (Å²) >= 11 is 1.97. The van der Waals surface area contributed by atoms with Crippen molar-refractivity contribution in [2.24, 2.45) is 0 Å². The van der Waals surface area contributed by atoms with Crippen LogP contribution >= 0.6 is 11.8 Å². The average molecular weight is 163 g/mol. The zero-order valence-corrected chi connectivity index (χ0v) is 7.16.